The highest BCUT2D eigenvalue weighted by atomic mass is 32.2. The number of carboxylic acid groups (broad SMARTS) is 1. The first kappa shape index (κ1) is 45.0. The Balaban J connectivity index is 0.916. The number of carbonyl (C=O) groups excluding carboxylic acids is 4. The highest BCUT2D eigenvalue weighted by Crippen LogP contribution is 2.42. The quantitative estimate of drug-likeness (QED) is 0.0255. The van der Waals surface area contributed by atoms with Crippen molar-refractivity contribution in [3.8, 4) is 28.2 Å². The van der Waals surface area contributed by atoms with Crippen LogP contribution in [0.5, 0.6) is 5.75 Å². The number of amides is 4. The standard InChI is InChI=1S/C43H53N5O9S2/c44-34-24-59-37(42(34)47-26-49)9-4-5-10-38(52)45-18-6-2-7-19-46-40(54)25-58-20-8-1-3-11-39(53)48-27-12-15-30(33(21-27)43(55)56)41-31-16-13-28(50)22-35(31)57-36-23-29(51)14-17-32(36)41/h12-17,21-23,26,34,37,42,50H,1-11,18-20,24-25,44H2,(H,45,52)(H,46,54)(H,47,49)(H,48,53)(H,55,56)/t34-,37-,42-/m0/s1. The number of phenols is 1. The van der Waals surface area contributed by atoms with Crippen molar-refractivity contribution in [3.05, 3.63) is 70.4 Å². The number of thioether (sulfide) groups is 2. The second-order valence-corrected chi connectivity index (χ2v) is 17.0. The third-order valence-corrected chi connectivity index (χ3v) is 12.7. The van der Waals surface area contributed by atoms with E-state index in [0.29, 0.717) is 71.1 Å². The molecule has 2 aliphatic heterocycles. The van der Waals surface area contributed by atoms with E-state index in [1.807, 2.05) is 0 Å². The van der Waals surface area contributed by atoms with Crippen LogP contribution in [0.3, 0.4) is 0 Å². The van der Waals surface area contributed by atoms with Gasteiger partial charge in [0.15, 0.2) is 5.43 Å². The zero-order valence-corrected chi connectivity index (χ0v) is 34.6. The Hall–Kier alpha value is -5.06. The molecule has 2 heterocycles. The molecule has 3 atom stereocenters. The zero-order chi connectivity index (χ0) is 42.1. The van der Waals surface area contributed by atoms with E-state index in [0.717, 1.165) is 62.9 Å². The Kier molecular flexibility index (Phi) is 17.5. The summed E-state index contributed by atoms with van der Waals surface area (Å²) in [6, 6.07) is 13.4. The van der Waals surface area contributed by atoms with Gasteiger partial charge in [0.05, 0.1) is 17.4 Å². The minimum atomic E-state index is -1.20. The largest absolute Gasteiger partial charge is 0.508 e. The van der Waals surface area contributed by atoms with Crippen molar-refractivity contribution in [1.82, 2.24) is 16.0 Å². The van der Waals surface area contributed by atoms with Crippen LogP contribution < -0.4 is 32.4 Å². The summed E-state index contributed by atoms with van der Waals surface area (Å²) in [6.07, 6.45) is 8.96. The number of unbranched alkanes of at least 4 members (excludes halogenated alkanes) is 5. The molecule has 16 heteroatoms. The lowest BCUT2D eigenvalue weighted by molar-refractivity contribution is -0.121. The van der Waals surface area contributed by atoms with E-state index in [2.05, 4.69) is 21.3 Å². The lowest BCUT2D eigenvalue weighted by Gasteiger charge is -2.20. The van der Waals surface area contributed by atoms with E-state index >= 15 is 0 Å². The maximum Gasteiger partial charge on any atom is 0.336 e. The second kappa shape index (κ2) is 22.9. The molecule has 316 valence electrons. The number of nitrogens with two attached hydrogens (primary N) is 1. The third-order valence-electron chi connectivity index (χ3n) is 10.2. The first-order chi connectivity index (χ1) is 28.5. The maximum atomic E-state index is 12.8. The molecule has 0 radical (unpaired) electrons. The van der Waals surface area contributed by atoms with Gasteiger partial charge >= 0.3 is 5.97 Å². The number of hydrogen-bond donors (Lipinski definition) is 7. The van der Waals surface area contributed by atoms with Crippen LogP contribution in [0, 0.1) is 0 Å². The van der Waals surface area contributed by atoms with Gasteiger partial charge in [-0.25, -0.2) is 4.79 Å². The molecule has 5 rings (SSSR count). The Labute approximate surface area is 351 Å². The number of rotatable bonds is 24. The van der Waals surface area contributed by atoms with Gasteiger partial charge < -0.3 is 41.6 Å². The lowest BCUT2D eigenvalue weighted by Crippen LogP contribution is -2.46. The van der Waals surface area contributed by atoms with Crippen molar-refractivity contribution in [3.63, 3.8) is 0 Å². The van der Waals surface area contributed by atoms with Crippen LogP contribution in [-0.4, -0.2) is 88.0 Å². The van der Waals surface area contributed by atoms with Crippen LogP contribution in [0.2, 0.25) is 0 Å². The van der Waals surface area contributed by atoms with Crippen molar-refractivity contribution in [2.45, 2.75) is 88.0 Å². The van der Waals surface area contributed by atoms with Crippen molar-refractivity contribution in [2.75, 3.05) is 35.7 Å². The van der Waals surface area contributed by atoms with Gasteiger partial charge in [0.1, 0.15) is 17.1 Å². The monoisotopic (exact) mass is 847 g/mol. The minimum Gasteiger partial charge on any atom is -0.508 e. The van der Waals surface area contributed by atoms with Crippen molar-refractivity contribution >= 4 is 70.3 Å². The molecule has 2 aromatic carbocycles. The van der Waals surface area contributed by atoms with E-state index in [-0.39, 0.29) is 64.3 Å². The van der Waals surface area contributed by atoms with Gasteiger partial charge in [-0.2, -0.15) is 23.5 Å². The molecular weight excluding hydrogens is 795 g/mol. The van der Waals surface area contributed by atoms with Crippen LogP contribution >= 0.6 is 23.5 Å². The first-order valence-corrected chi connectivity index (χ1v) is 22.3. The van der Waals surface area contributed by atoms with Gasteiger partial charge in [-0.3, -0.25) is 24.0 Å². The van der Waals surface area contributed by atoms with E-state index in [4.69, 9.17) is 10.2 Å². The number of phenolic OH excluding ortho intramolecular Hbond substituents is 1. The number of nitrogens with one attached hydrogen (secondary N) is 4. The van der Waals surface area contributed by atoms with Crippen molar-refractivity contribution in [2.24, 2.45) is 5.73 Å². The molecule has 1 aliphatic carbocycles. The molecule has 2 aromatic rings. The molecule has 0 unspecified atom stereocenters. The maximum absolute atomic E-state index is 12.8. The number of fused-ring (bicyclic) bond motifs is 2. The van der Waals surface area contributed by atoms with Gasteiger partial charge in [0.25, 0.3) is 0 Å². The summed E-state index contributed by atoms with van der Waals surface area (Å²) < 4.78 is 5.88. The third kappa shape index (κ3) is 13.5. The number of aromatic hydroxyl groups is 1. The normalized spacial score (nSPS) is 16.2. The van der Waals surface area contributed by atoms with Gasteiger partial charge in [0, 0.05) is 77.3 Å². The molecule has 0 spiro atoms. The van der Waals surface area contributed by atoms with E-state index in [9.17, 15) is 39.0 Å². The molecule has 14 nitrogen and oxygen atoms in total. The number of hydrogen-bond acceptors (Lipinski definition) is 11. The van der Waals surface area contributed by atoms with Crippen LogP contribution in [0.4, 0.5) is 5.69 Å². The van der Waals surface area contributed by atoms with Crippen LogP contribution in [0.25, 0.3) is 33.4 Å². The summed E-state index contributed by atoms with van der Waals surface area (Å²) in [6.45, 7) is 1.20. The topological polar surface area (TPSA) is 230 Å². The average molecular weight is 848 g/mol. The Morgan fingerprint density at radius 3 is 2.36 bits per heavy atom. The summed E-state index contributed by atoms with van der Waals surface area (Å²) in [5.74, 6) is 0.788. The van der Waals surface area contributed by atoms with Crippen molar-refractivity contribution in [1.29, 1.82) is 0 Å². The molecule has 0 saturated carbocycles. The summed E-state index contributed by atoms with van der Waals surface area (Å²) in [5.41, 5.74) is 7.77. The number of aromatic carboxylic acids is 1. The SMILES string of the molecule is N[C@H]1CS[C@@H](CCCCC(=O)NCCCCCNC(=O)CSCCCCCC(=O)Nc2ccc(-c3c4ccc(=O)cc-4oc4cc(O)ccc34)c(C(=O)O)c2)[C@H]1NC=O. The molecular formula is C43H53N5O9S2. The second-order valence-electron chi connectivity index (χ2n) is 14.6. The number of carboxylic acids is 1. The highest BCUT2D eigenvalue weighted by Gasteiger charge is 2.33. The van der Waals surface area contributed by atoms with Crippen molar-refractivity contribution < 1.29 is 38.6 Å². The summed E-state index contributed by atoms with van der Waals surface area (Å²) in [4.78, 5) is 72.5. The number of anilines is 1. The molecule has 0 aromatic heterocycles. The molecule has 59 heavy (non-hydrogen) atoms. The Morgan fingerprint density at radius 1 is 0.847 bits per heavy atom. The fourth-order valence-electron chi connectivity index (χ4n) is 7.16. The average Bonchev–Trinajstić information content (AvgIpc) is 3.55. The first-order valence-electron chi connectivity index (χ1n) is 20.1. The summed E-state index contributed by atoms with van der Waals surface area (Å²) >= 11 is 3.33. The minimum absolute atomic E-state index is 0.000942. The van der Waals surface area contributed by atoms with E-state index in [1.54, 1.807) is 47.8 Å². The van der Waals surface area contributed by atoms with Gasteiger partial charge in [-0.1, -0.05) is 18.9 Å². The number of carbonyl (C=O) groups is 5. The van der Waals surface area contributed by atoms with Gasteiger partial charge in [0.2, 0.25) is 24.1 Å². The fourth-order valence-corrected chi connectivity index (χ4v) is 9.50. The van der Waals surface area contributed by atoms with Gasteiger partial charge in [-0.15, -0.1) is 0 Å². The molecule has 1 saturated heterocycles. The Bertz CT molecular complexity index is 2110. The number of benzene rings is 3. The van der Waals surface area contributed by atoms with E-state index < -0.39 is 5.97 Å². The van der Waals surface area contributed by atoms with Crippen LogP contribution in [-0.2, 0) is 19.2 Å². The van der Waals surface area contributed by atoms with Crippen LogP contribution in [0.15, 0.2) is 63.8 Å². The highest BCUT2D eigenvalue weighted by molar-refractivity contribution is 8.00. The van der Waals surface area contributed by atoms with Gasteiger partial charge in [-0.05, 0) is 92.7 Å². The Morgan fingerprint density at radius 2 is 1.58 bits per heavy atom. The molecule has 0 bridgehead atoms. The lowest BCUT2D eigenvalue weighted by atomic mass is 9.90. The predicted octanol–water partition coefficient (Wildman–Crippen LogP) is 5.72. The smallest absolute Gasteiger partial charge is 0.336 e. The fraction of sp³-hybridized carbons (Fsp3) is 0.442. The van der Waals surface area contributed by atoms with E-state index in [1.165, 1.54) is 30.3 Å². The zero-order valence-electron chi connectivity index (χ0n) is 33.0. The molecule has 1 fully saturated rings. The summed E-state index contributed by atoms with van der Waals surface area (Å²) in [7, 11) is 0. The molecule has 8 N–H and O–H groups in total. The molecule has 4 amide bonds. The van der Waals surface area contributed by atoms with Crippen LogP contribution in [0.1, 0.15) is 81.0 Å². The predicted molar refractivity (Wildman–Crippen MR) is 233 cm³/mol. The summed E-state index contributed by atoms with van der Waals surface area (Å²) in [5, 5.41) is 32.6. The molecule has 3 aliphatic rings.